The van der Waals surface area contributed by atoms with Gasteiger partial charge < -0.3 is 19.3 Å². The molecule has 1 aromatic rings. The molecule has 4 rings (SSSR count). The van der Waals surface area contributed by atoms with Crippen LogP contribution in [0.3, 0.4) is 0 Å². The molecule has 3 aliphatic rings. The van der Waals surface area contributed by atoms with E-state index in [9.17, 15) is 0 Å². The Morgan fingerprint density at radius 1 is 0.909 bits per heavy atom. The predicted molar refractivity (Wildman–Crippen MR) is 82.0 cm³/mol. The van der Waals surface area contributed by atoms with Crippen molar-refractivity contribution in [2.24, 2.45) is 0 Å². The maximum atomic E-state index is 5.77. The largest absolute Gasteiger partial charge is 0.355 e. The molecule has 3 aliphatic heterocycles. The summed E-state index contributed by atoms with van der Waals surface area (Å²) in [6, 6.07) is 0. The first-order valence-electron chi connectivity index (χ1n) is 8.32. The van der Waals surface area contributed by atoms with Crippen LogP contribution in [0, 0.1) is 0 Å². The van der Waals surface area contributed by atoms with Crippen molar-refractivity contribution in [3.8, 4) is 0 Å². The van der Waals surface area contributed by atoms with Crippen LogP contribution in [0.5, 0.6) is 0 Å². The van der Waals surface area contributed by atoms with Crippen LogP contribution in [-0.4, -0.2) is 60.4 Å². The Morgan fingerprint density at radius 2 is 1.64 bits per heavy atom. The van der Waals surface area contributed by atoms with Crippen molar-refractivity contribution in [3.05, 3.63) is 6.20 Å². The van der Waals surface area contributed by atoms with Crippen LogP contribution in [0.2, 0.25) is 0 Å². The molecular formula is C15H23N5O2. The van der Waals surface area contributed by atoms with Gasteiger partial charge in [-0.15, -0.1) is 5.10 Å². The van der Waals surface area contributed by atoms with E-state index in [2.05, 4.69) is 20.0 Å². The molecule has 0 bridgehead atoms. The Balaban J connectivity index is 1.44. The topological polar surface area (TPSA) is 63.6 Å². The van der Waals surface area contributed by atoms with Crippen LogP contribution >= 0.6 is 0 Å². The number of piperidine rings is 2. The molecule has 0 aromatic carbocycles. The maximum Gasteiger partial charge on any atom is 0.247 e. The summed E-state index contributed by atoms with van der Waals surface area (Å²) in [7, 11) is 0. The van der Waals surface area contributed by atoms with Crippen LogP contribution in [-0.2, 0) is 9.47 Å². The number of rotatable bonds is 2. The molecule has 0 N–H and O–H groups in total. The Hall–Kier alpha value is -1.47. The zero-order valence-corrected chi connectivity index (χ0v) is 12.9. The Bertz CT molecular complexity index is 504. The van der Waals surface area contributed by atoms with E-state index >= 15 is 0 Å². The van der Waals surface area contributed by atoms with Crippen molar-refractivity contribution in [1.82, 2.24) is 15.2 Å². The fourth-order valence-corrected chi connectivity index (χ4v) is 3.53. The third kappa shape index (κ3) is 2.75. The minimum absolute atomic E-state index is 0.353. The van der Waals surface area contributed by atoms with Gasteiger partial charge in [0.25, 0.3) is 0 Å². The second kappa shape index (κ2) is 5.96. The van der Waals surface area contributed by atoms with E-state index in [1.807, 2.05) is 0 Å². The summed E-state index contributed by atoms with van der Waals surface area (Å²) in [6.07, 6.45) is 7.30. The Kier molecular flexibility index (Phi) is 3.83. The lowest BCUT2D eigenvalue weighted by atomic mass is 10.0. The first-order valence-corrected chi connectivity index (χ1v) is 8.32. The lowest BCUT2D eigenvalue weighted by molar-refractivity contribution is -0.169. The maximum absolute atomic E-state index is 5.77. The van der Waals surface area contributed by atoms with Crippen molar-refractivity contribution in [1.29, 1.82) is 0 Å². The number of ether oxygens (including phenoxy) is 2. The highest BCUT2D eigenvalue weighted by Gasteiger charge is 2.40. The van der Waals surface area contributed by atoms with E-state index in [4.69, 9.17) is 14.5 Å². The molecule has 3 fully saturated rings. The summed E-state index contributed by atoms with van der Waals surface area (Å²) in [5.74, 6) is 1.34. The molecule has 120 valence electrons. The van der Waals surface area contributed by atoms with Crippen LogP contribution < -0.4 is 9.80 Å². The molecule has 1 aromatic heterocycles. The second-order valence-electron chi connectivity index (χ2n) is 6.26. The van der Waals surface area contributed by atoms with Crippen molar-refractivity contribution >= 4 is 11.8 Å². The van der Waals surface area contributed by atoms with Gasteiger partial charge >= 0.3 is 0 Å². The lowest BCUT2D eigenvalue weighted by Gasteiger charge is -2.37. The molecule has 7 heteroatoms. The Labute approximate surface area is 130 Å². The summed E-state index contributed by atoms with van der Waals surface area (Å²) < 4.78 is 11.5. The van der Waals surface area contributed by atoms with E-state index < -0.39 is 0 Å². The average Bonchev–Trinajstić information content (AvgIpc) is 3.05. The first-order chi connectivity index (χ1) is 10.8. The van der Waals surface area contributed by atoms with E-state index in [1.54, 1.807) is 6.20 Å². The molecule has 0 unspecified atom stereocenters. The lowest BCUT2D eigenvalue weighted by Crippen LogP contribution is -2.46. The summed E-state index contributed by atoms with van der Waals surface area (Å²) in [6.45, 7) is 5.27. The van der Waals surface area contributed by atoms with Crippen molar-refractivity contribution in [2.75, 3.05) is 49.2 Å². The minimum atomic E-state index is -0.353. The number of hydrogen-bond donors (Lipinski definition) is 0. The van der Waals surface area contributed by atoms with Gasteiger partial charge in [0.15, 0.2) is 11.6 Å². The third-order valence-corrected chi connectivity index (χ3v) is 4.84. The highest BCUT2D eigenvalue weighted by Crippen LogP contribution is 2.32. The summed E-state index contributed by atoms with van der Waals surface area (Å²) in [4.78, 5) is 9.24. The molecule has 3 saturated heterocycles. The fourth-order valence-electron chi connectivity index (χ4n) is 3.53. The molecule has 0 saturated carbocycles. The van der Waals surface area contributed by atoms with Gasteiger partial charge in [-0.3, -0.25) is 0 Å². The number of anilines is 2. The molecule has 0 aliphatic carbocycles. The summed E-state index contributed by atoms with van der Waals surface area (Å²) in [5, 5.41) is 8.40. The van der Waals surface area contributed by atoms with Crippen molar-refractivity contribution < 1.29 is 9.47 Å². The monoisotopic (exact) mass is 305 g/mol. The summed E-state index contributed by atoms with van der Waals surface area (Å²) in [5.41, 5.74) is 0. The quantitative estimate of drug-likeness (QED) is 0.813. The SMILES string of the molecule is c1nnc(N2CCC3(CC2)OCCO3)nc1N1CCCCC1. The van der Waals surface area contributed by atoms with Crippen LogP contribution in [0.15, 0.2) is 6.20 Å². The van der Waals surface area contributed by atoms with E-state index in [0.29, 0.717) is 13.2 Å². The van der Waals surface area contributed by atoms with E-state index in [0.717, 1.165) is 50.8 Å². The van der Waals surface area contributed by atoms with Crippen LogP contribution in [0.4, 0.5) is 11.8 Å². The molecule has 4 heterocycles. The van der Waals surface area contributed by atoms with E-state index in [1.165, 1.54) is 19.3 Å². The number of hydrogen-bond acceptors (Lipinski definition) is 7. The van der Waals surface area contributed by atoms with Crippen molar-refractivity contribution in [2.45, 2.75) is 37.9 Å². The van der Waals surface area contributed by atoms with E-state index in [-0.39, 0.29) is 5.79 Å². The van der Waals surface area contributed by atoms with Crippen molar-refractivity contribution in [3.63, 3.8) is 0 Å². The molecule has 0 atom stereocenters. The fraction of sp³-hybridized carbons (Fsp3) is 0.800. The average molecular weight is 305 g/mol. The molecule has 22 heavy (non-hydrogen) atoms. The predicted octanol–water partition coefficient (Wildman–Crippen LogP) is 1.21. The van der Waals surface area contributed by atoms with Gasteiger partial charge in [-0.1, -0.05) is 0 Å². The van der Waals surface area contributed by atoms with Gasteiger partial charge in [-0.05, 0) is 19.3 Å². The van der Waals surface area contributed by atoms with Crippen LogP contribution in [0.25, 0.3) is 0 Å². The molecule has 0 radical (unpaired) electrons. The molecule has 0 amide bonds. The van der Waals surface area contributed by atoms with Gasteiger partial charge in [0.1, 0.15) is 0 Å². The molecule has 1 spiro atoms. The van der Waals surface area contributed by atoms with Gasteiger partial charge in [-0.2, -0.15) is 10.1 Å². The zero-order valence-electron chi connectivity index (χ0n) is 12.9. The normalized spacial score (nSPS) is 24.9. The van der Waals surface area contributed by atoms with Gasteiger partial charge in [0.05, 0.1) is 19.4 Å². The third-order valence-electron chi connectivity index (χ3n) is 4.84. The minimum Gasteiger partial charge on any atom is -0.355 e. The standard InChI is InChI=1S/C15H23N5O2/c1-2-6-19(7-3-1)13-12-16-18-14(17-13)20-8-4-15(5-9-20)21-10-11-22-15/h12H,1-11H2. The highest BCUT2D eigenvalue weighted by molar-refractivity contribution is 5.42. The van der Waals surface area contributed by atoms with Crippen LogP contribution in [0.1, 0.15) is 32.1 Å². The number of nitrogens with zero attached hydrogens (tertiary/aromatic N) is 5. The number of aromatic nitrogens is 3. The van der Waals surface area contributed by atoms with Gasteiger partial charge in [0.2, 0.25) is 5.95 Å². The molecular weight excluding hydrogens is 282 g/mol. The molecule has 7 nitrogen and oxygen atoms in total. The van der Waals surface area contributed by atoms with Gasteiger partial charge in [0, 0.05) is 39.0 Å². The van der Waals surface area contributed by atoms with Gasteiger partial charge in [-0.25, -0.2) is 0 Å². The zero-order chi connectivity index (χ0) is 14.8. The second-order valence-corrected chi connectivity index (χ2v) is 6.26. The Morgan fingerprint density at radius 3 is 2.36 bits per heavy atom. The highest BCUT2D eigenvalue weighted by atomic mass is 16.7. The smallest absolute Gasteiger partial charge is 0.247 e. The first kappa shape index (κ1) is 14.1. The summed E-state index contributed by atoms with van der Waals surface area (Å²) >= 11 is 0.